The number of halogens is 1. The molecule has 2 aliphatic heterocycles. The Morgan fingerprint density at radius 1 is 0.962 bits per heavy atom. The van der Waals surface area contributed by atoms with Crippen LogP contribution in [0.5, 0.6) is 0 Å². The fourth-order valence-electron chi connectivity index (χ4n) is 3.49. The summed E-state index contributed by atoms with van der Waals surface area (Å²) in [4.78, 5) is 28.0. The van der Waals surface area contributed by atoms with E-state index < -0.39 is 0 Å². The standard InChI is InChI=1S/C18H22BrN5O2/c19-15-5-4-14(26-15)17(25)23-12-10-22(11-13-23)16-6-7-20-18(21-16)24-8-2-1-3-9-24/h4-7H,1-3,8-13H2. The Hall–Kier alpha value is -2.09. The van der Waals surface area contributed by atoms with Gasteiger partial charge in [0.05, 0.1) is 0 Å². The number of rotatable bonds is 3. The fourth-order valence-corrected chi connectivity index (χ4v) is 3.79. The van der Waals surface area contributed by atoms with E-state index in [0.717, 1.165) is 37.9 Å². The van der Waals surface area contributed by atoms with E-state index in [0.29, 0.717) is 23.5 Å². The van der Waals surface area contributed by atoms with Crippen molar-refractivity contribution in [2.24, 2.45) is 0 Å². The maximum atomic E-state index is 12.5. The minimum Gasteiger partial charge on any atom is -0.444 e. The van der Waals surface area contributed by atoms with E-state index in [-0.39, 0.29) is 5.91 Å². The van der Waals surface area contributed by atoms with Crippen LogP contribution in [0.3, 0.4) is 0 Å². The molecule has 2 aliphatic rings. The maximum Gasteiger partial charge on any atom is 0.289 e. The molecule has 0 N–H and O–H groups in total. The molecule has 0 unspecified atom stereocenters. The number of carbonyl (C=O) groups excluding carboxylic acids is 1. The molecule has 4 heterocycles. The van der Waals surface area contributed by atoms with Crippen molar-refractivity contribution in [2.45, 2.75) is 19.3 Å². The topological polar surface area (TPSA) is 65.7 Å². The molecular formula is C18H22BrN5O2. The molecule has 4 rings (SSSR count). The molecule has 7 nitrogen and oxygen atoms in total. The number of nitrogens with zero attached hydrogens (tertiary/aromatic N) is 5. The second-order valence-electron chi connectivity index (χ2n) is 6.65. The zero-order valence-electron chi connectivity index (χ0n) is 14.6. The Balaban J connectivity index is 1.39. The molecule has 8 heteroatoms. The van der Waals surface area contributed by atoms with Gasteiger partial charge in [-0.15, -0.1) is 0 Å². The summed E-state index contributed by atoms with van der Waals surface area (Å²) >= 11 is 3.24. The van der Waals surface area contributed by atoms with Crippen molar-refractivity contribution in [3.05, 3.63) is 34.8 Å². The van der Waals surface area contributed by atoms with Gasteiger partial charge in [0.25, 0.3) is 5.91 Å². The zero-order valence-corrected chi connectivity index (χ0v) is 16.2. The summed E-state index contributed by atoms with van der Waals surface area (Å²) in [6, 6.07) is 5.40. The Morgan fingerprint density at radius 3 is 2.42 bits per heavy atom. The van der Waals surface area contributed by atoms with Crippen molar-refractivity contribution in [1.29, 1.82) is 0 Å². The Bertz CT molecular complexity index is 766. The van der Waals surface area contributed by atoms with E-state index in [1.165, 1.54) is 19.3 Å². The normalized spacial score (nSPS) is 18.3. The average molecular weight is 420 g/mol. The molecule has 0 spiro atoms. The van der Waals surface area contributed by atoms with Crippen LogP contribution in [-0.4, -0.2) is 60.0 Å². The second-order valence-corrected chi connectivity index (χ2v) is 7.43. The molecule has 0 bridgehead atoms. The summed E-state index contributed by atoms with van der Waals surface area (Å²) in [5.74, 6) is 2.07. The van der Waals surface area contributed by atoms with Crippen molar-refractivity contribution in [3.8, 4) is 0 Å². The predicted octanol–water partition coefficient (Wildman–Crippen LogP) is 2.78. The van der Waals surface area contributed by atoms with Gasteiger partial charge in [0, 0.05) is 45.5 Å². The number of amides is 1. The largest absolute Gasteiger partial charge is 0.444 e. The molecule has 0 saturated carbocycles. The van der Waals surface area contributed by atoms with Gasteiger partial charge in [0.1, 0.15) is 5.82 Å². The molecular weight excluding hydrogens is 398 g/mol. The molecule has 2 fully saturated rings. The van der Waals surface area contributed by atoms with Gasteiger partial charge in [0.15, 0.2) is 10.4 Å². The summed E-state index contributed by atoms with van der Waals surface area (Å²) in [7, 11) is 0. The third kappa shape index (κ3) is 3.70. The van der Waals surface area contributed by atoms with Crippen molar-refractivity contribution in [1.82, 2.24) is 14.9 Å². The van der Waals surface area contributed by atoms with E-state index in [9.17, 15) is 4.79 Å². The summed E-state index contributed by atoms with van der Waals surface area (Å²) in [6.45, 7) is 4.88. The smallest absolute Gasteiger partial charge is 0.289 e. The lowest BCUT2D eigenvalue weighted by Gasteiger charge is -2.35. The quantitative estimate of drug-likeness (QED) is 0.761. The van der Waals surface area contributed by atoms with Crippen molar-refractivity contribution in [3.63, 3.8) is 0 Å². The third-order valence-electron chi connectivity index (χ3n) is 4.94. The molecule has 2 aromatic rings. The number of piperidine rings is 1. The highest BCUT2D eigenvalue weighted by molar-refractivity contribution is 9.10. The van der Waals surface area contributed by atoms with Crippen molar-refractivity contribution < 1.29 is 9.21 Å². The molecule has 0 aliphatic carbocycles. The minimum atomic E-state index is -0.0629. The molecule has 1 amide bonds. The predicted molar refractivity (Wildman–Crippen MR) is 103 cm³/mol. The highest BCUT2D eigenvalue weighted by atomic mass is 79.9. The molecule has 0 radical (unpaired) electrons. The van der Waals surface area contributed by atoms with Crippen LogP contribution in [0.1, 0.15) is 29.8 Å². The number of piperazine rings is 1. The highest BCUT2D eigenvalue weighted by Crippen LogP contribution is 2.21. The van der Waals surface area contributed by atoms with Crippen LogP contribution >= 0.6 is 15.9 Å². The Labute approximate surface area is 161 Å². The third-order valence-corrected chi connectivity index (χ3v) is 5.37. The van der Waals surface area contributed by atoms with Gasteiger partial charge in [0.2, 0.25) is 5.95 Å². The first-order valence-electron chi connectivity index (χ1n) is 9.08. The fraction of sp³-hybridized carbons (Fsp3) is 0.500. The lowest BCUT2D eigenvalue weighted by molar-refractivity contribution is 0.0713. The number of aromatic nitrogens is 2. The first-order chi connectivity index (χ1) is 12.7. The van der Waals surface area contributed by atoms with Crippen LogP contribution in [0, 0.1) is 0 Å². The van der Waals surface area contributed by atoms with Crippen LogP contribution < -0.4 is 9.80 Å². The first kappa shape index (κ1) is 17.3. The van der Waals surface area contributed by atoms with E-state index in [2.05, 4.69) is 30.7 Å². The number of anilines is 2. The Kier molecular flexibility index (Phi) is 5.10. The second kappa shape index (κ2) is 7.65. The molecule has 26 heavy (non-hydrogen) atoms. The van der Waals surface area contributed by atoms with Crippen molar-refractivity contribution in [2.75, 3.05) is 49.1 Å². The molecule has 138 valence electrons. The van der Waals surface area contributed by atoms with E-state index in [1.807, 2.05) is 17.2 Å². The monoisotopic (exact) mass is 419 g/mol. The molecule has 0 aromatic carbocycles. The molecule has 0 atom stereocenters. The van der Waals surface area contributed by atoms with Gasteiger partial charge in [-0.05, 0) is 53.4 Å². The minimum absolute atomic E-state index is 0.0629. The lowest BCUT2D eigenvalue weighted by atomic mass is 10.1. The number of hydrogen-bond donors (Lipinski definition) is 0. The summed E-state index contributed by atoms with van der Waals surface area (Å²) in [5.41, 5.74) is 0. The number of furan rings is 1. The van der Waals surface area contributed by atoms with Crippen LogP contribution in [0.2, 0.25) is 0 Å². The van der Waals surface area contributed by atoms with Crippen LogP contribution in [0.4, 0.5) is 11.8 Å². The number of carbonyl (C=O) groups is 1. The molecule has 2 saturated heterocycles. The van der Waals surface area contributed by atoms with Crippen LogP contribution in [0.15, 0.2) is 33.5 Å². The average Bonchev–Trinajstić information content (AvgIpc) is 3.15. The lowest BCUT2D eigenvalue weighted by Crippen LogP contribution is -2.49. The number of hydrogen-bond acceptors (Lipinski definition) is 6. The van der Waals surface area contributed by atoms with Crippen LogP contribution in [-0.2, 0) is 0 Å². The van der Waals surface area contributed by atoms with Gasteiger partial charge in [-0.25, -0.2) is 4.98 Å². The zero-order chi connectivity index (χ0) is 17.9. The van der Waals surface area contributed by atoms with Crippen LogP contribution in [0.25, 0.3) is 0 Å². The van der Waals surface area contributed by atoms with E-state index in [4.69, 9.17) is 9.40 Å². The highest BCUT2D eigenvalue weighted by Gasteiger charge is 2.25. The summed E-state index contributed by atoms with van der Waals surface area (Å²) in [5, 5.41) is 0. The summed E-state index contributed by atoms with van der Waals surface area (Å²) in [6.07, 6.45) is 5.54. The van der Waals surface area contributed by atoms with Gasteiger partial charge < -0.3 is 19.1 Å². The van der Waals surface area contributed by atoms with Crippen molar-refractivity contribution >= 4 is 33.6 Å². The van der Waals surface area contributed by atoms with Gasteiger partial charge in [-0.3, -0.25) is 4.79 Å². The van der Waals surface area contributed by atoms with E-state index >= 15 is 0 Å². The SMILES string of the molecule is O=C(c1ccc(Br)o1)N1CCN(c2ccnc(N3CCCCC3)n2)CC1. The van der Waals surface area contributed by atoms with E-state index in [1.54, 1.807) is 12.1 Å². The van der Waals surface area contributed by atoms with Gasteiger partial charge in [-0.1, -0.05) is 0 Å². The molecule has 2 aromatic heterocycles. The Morgan fingerprint density at radius 2 is 1.73 bits per heavy atom. The maximum absolute atomic E-state index is 12.5. The van der Waals surface area contributed by atoms with Gasteiger partial charge in [-0.2, -0.15) is 4.98 Å². The first-order valence-corrected chi connectivity index (χ1v) is 9.87. The van der Waals surface area contributed by atoms with Gasteiger partial charge >= 0.3 is 0 Å². The summed E-state index contributed by atoms with van der Waals surface area (Å²) < 4.78 is 5.95.